The molecule has 3 aromatic rings. The van der Waals surface area contributed by atoms with Crippen LogP contribution in [0.4, 0.5) is 13.2 Å². The van der Waals surface area contributed by atoms with Crippen molar-refractivity contribution in [3.8, 4) is 5.69 Å². The van der Waals surface area contributed by atoms with Gasteiger partial charge in [-0.15, -0.1) is 0 Å². The summed E-state index contributed by atoms with van der Waals surface area (Å²) >= 11 is 0. The number of benzene rings is 1. The Morgan fingerprint density at radius 1 is 1.21 bits per heavy atom. The molecule has 3 rings (SSSR count). The number of carbonyl (C=O) groups excluding carboxylic acids is 1. The Labute approximate surface area is 132 Å². The van der Waals surface area contributed by atoms with Gasteiger partial charge in [-0.3, -0.25) is 9.59 Å². The van der Waals surface area contributed by atoms with Crippen molar-refractivity contribution >= 4 is 16.7 Å². The van der Waals surface area contributed by atoms with Gasteiger partial charge in [0.1, 0.15) is 0 Å². The van der Waals surface area contributed by atoms with Crippen LogP contribution in [0, 0.1) is 0 Å². The van der Waals surface area contributed by atoms with Gasteiger partial charge in [0.05, 0.1) is 17.4 Å². The lowest BCUT2D eigenvalue weighted by Gasteiger charge is -2.14. The summed E-state index contributed by atoms with van der Waals surface area (Å²) in [5.74, 6) is -1.23. The summed E-state index contributed by atoms with van der Waals surface area (Å²) in [5, 5.41) is 4.20. The molecule has 0 bridgehead atoms. The minimum absolute atomic E-state index is 0.0209. The Bertz CT molecular complexity index is 1020. The van der Waals surface area contributed by atoms with Crippen LogP contribution in [0.5, 0.6) is 0 Å². The molecule has 0 aliphatic carbocycles. The molecule has 2 heterocycles. The van der Waals surface area contributed by atoms with Crippen LogP contribution in [0.25, 0.3) is 16.5 Å². The molecule has 0 unspecified atom stereocenters. The minimum atomic E-state index is -4.85. The van der Waals surface area contributed by atoms with Gasteiger partial charge in [0.25, 0.3) is 11.5 Å². The number of pyridine rings is 1. The molecule has 2 N–H and O–H groups in total. The largest absolute Gasteiger partial charge is 0.434 e. The van der Waals surface area contributed by atoms with Crippen molar-refractivity contribution in [1.29, 1.82) is 0 Å². The average molecular weight is 336 g/mol. The molecule has 0 spiro atoms. The number of aromatic nitrogens is 3. The lowest BCUT2D eigenvalue weighted by Crippen LogP contribution is -2.23. The topological polar surface area (TPSA) is 82.9 Å². The van der Waals surface area contributed by atoms with E-state index in [1.54, 1.807) is 12.1 Å². The number of hydrogen-bond donors (Lipinski definition) is 1. The summed E-state index contributed by atoms with van der Waals surface area (Å²) in [4.78, 5) is 23.5. The van der Waals surface area contributed by atoms with Crippen LogP contribution < -0.4 is 11.3 Å². The van der Waals surface area contributed by atoms with Crippen molar-refractivity contribution in [2.45, 2.75) is 6.18 Å². The third kappa shape index (κ3) is 2.34. The first-order valence-electron chi connectivity index (χ1n) is 6.75. The fraction of sp³-hybridized carbons (Fsp3) is 0.133. The zero-order valence-electron chi connectivity index (χ0n) is 12.3. The standard InChI is InChI=1S/C15H11F3N4O2/c1-21-7-11(8-4-2-3-5-9(8)14(21)24)22-12(15(16,17)18)10(6-20-22)13(19)23/h2-7H,1H3,(H2,19,23). The molecule has 1 amide bonds. The number of hydrogen-bond acceptors (Lipinski definition) is 3. The van der Waals surface area contributed by atoms with Crippen LogP contribution in [0.3, 0.4) is 0 Å². The van der Waals surface area contributed by atoms with E-state index in [0.717, 1.165) is 10.8 Å². The van der Waals surface area contributed by atoms with Crippen molar-refractivity contribution in [3.05, 3.63) is 58.3 Å². The van der Waals surface area contributed by atoms with Gasteiger partial charge in [-0.2, -0.15) is 18.3 Å². The Morgan fingerprint density at radius 2 is 1.83 bits per heavy atom. The quantitative estimate of drug-likeness (QED) is 0.775. The van der Waals surface area contributed by atoms with Crippen LogP contribution in [0.15, 0.2) is 41.5 Å². The molecule has 0 aliphatic rings. The summed E-state index contributed by atoms with van der Waals surface area (Å²) in [5.41, 5.74) is 2.67. The molecule has 0 radical (unpaired) electrons. The second kappa shape index (κ2) is 5.22. The molecule has 1 aromatic carbocycles. The first kappa shape index (κ1) is 15.8. The number of halogens is 3. The van der Waals surface area contributed by atoms with Gasteiger partial charge in [-0.05, 0) is 6.07 Å². The van der Waals surface area contributed by atoms with Crippen LogP contribution in [-0.2, 0) is 13.2 Å². The van der Waals surface area contributed by atoms with Gasteiger partial charge >= 0.3 is 6.18 Å². The highest BCUT2D eigenvalue weighted by Crippen LogP contribution is 2.34. The minimum Gasteiger partial charge on any atom is -0.365 e. The second-order valence-corrected chi connectivity index (χ2v) is 5.16. The Hall–Kier alpha value is -3.10. The summed E-state index contributed by atoms with van der Waals surface area (Å²) in [7, 11) is 1.42. The first-order chi connectivity index (χ1) is 11.2. The molecule has 0 atom stereocenters. The van der Waals surface area contributed by atoms with E-state index in [1.165, 1.54) is 25.4 Å². The average Bonchev–Trinajstić information content (AvgIpc) is 2.96. The molecular weight excluding hydrogens is 325 g/mol. The number of carbonyl (C=O) groups is 1. The summed E-state index contributed by atoms with van der Waals surface area (Å²) < 4.78 is 42.0. The number of aryl methyl sites for hydroxylation is 1. The van der Waals surface area contributed by atoms with Gasteiger partial charge < -0.3 is 10.3 Å². The number of nitrogens with two attached hydrogens (primary N) is 1. The molecule has 124 valence electrons. The number of amides is 1. The number of nitrogens with zero attached hydrogens (tertiary/aromatic N) is 3. The molecule has 0 saturated carbocycles. The molecule has 0 aliphatic heterocycles. The van der Waals surface area contributed by atoms with Crippen molar-refractivity contribution in [2.75, 3.05) is 0 Å². The van der Waals surface area contributed by atoms with E-state index in [9.17, 15) is 22.8 Å². The van der Waals surface area contributed by atoms with E-state index in [0.29, 0.717) is 4.68 Å². The lowest BCUT2D eigenvalue weighted by molar-refractivity contribution is -0.143. The maximum atomic E-state index is 13.4. The van der Waals surface area contributed by atoms with Gasteiger partial charge in [0, 0.05) is 24.0 Å². The fourth-order valence-corrected chi connectivity index (χ4v) is 2.55. The van der Waals surface area contributed by atoms with E-state index in [1.807, 2.05) is 0 Å². The fourth-order valence-electron chi connectivity index (χ4n) is 2.55. The summed E-state index contributed by atoms with van der Waals surface area (Å²) in [6.07, 6.45) is -2.85. The number of rotatable bonds is 2. The maximum Gasteiger partial charge on any atom is 0.434 e. The van der Waals surface area contributed by atoms with E-state index < -0.39 is 23.3 Å². The Balaban J connectivity index is 2.44. The zero-order chi connectivity index (χ0) is 17.6. The monoisotopic (exact) mass is 336 g/mol. The summed E-state index contributed by atoms with van der Waals surface area (Å²) in [6, 6.07) is 6.22. The predicted octanol–water partition coefficient (Wildman–Crippen LogP) is 1.84. The normalized spacial score (nSPS) is 11.8. The molecule has 24 heavy (non-hydrogen) atoms. The first-order valence-corrected chi connectivity index (χ1v) is 6.75. The van der Waals surface area contributed by atoms with Crippen molar-refractivity contribution in [3.63, 3.8) is 0 Å². The van der Waals surface area contributed by atoms with E-state index in [2.05, 4.69) is 5.10 Å². The van der Waals surface area contributed by atoms with Gasteiger partial charge in [0.2, 0.25) is 0 Å². The van der Waals surface area contributed by atoms with Crippen molar-refractivity contribution in [1.82, 2.24) is 14.3 Å². The number of fused-ring (bicyclic) bond motifs is 1. The van der Waals surface area contributed by atoms with Crippen molar-refractivity contribution in [2.24, 2.45) is 12.8 Å². The predicted molar refractivity (Wildman–Crippen MR) is 79.8 cm³/mol. The Kier molecular flexibility index (Phi) is 3.43. The van der Waals surface area contributed by atoms with Gasteiger partial charge in [-0.25, -0.2) is 4.68 Å². The zero-order valence-corrected chi connectivity index (χ0v) is 12.3. The second-order valence-electron chi connectivity index (χ2n) is 5.16. The third-order valence-corrected chi connectivity index (χ3v) is 3.60. The van der Waals surface area contributed by atoms with E-state index in [4.69, 9.17) is 5.73 Å². The molecule has 0 saturated heterocycles. The number of primary amides is 1. The molecular formula is C15H11F3N4O2. The summed E-state index contributed by atoms with van der Waals surface area (Å²) in [6.45, 7) is 0. The van der Waals surface area contributed by atoms with Crippen LogP contribution in [0.2, 0.25) is 0 Å². The lowest BCUT2D eigenvalue weighted by atomic mass is 10.1. The number of alkyl halides is 3. The molecule has 0 fully saturated rings. The Morgan fingerprint density at radius 3 is 2.42 bits per heavy atom. The highest BCUT2D eigenvalue weighted by Gasteiger charge is 2.40. The van der Waals surface area contributed by atoms with Crippen LogP contribution >= 0.6 is 0 Å². The molecule has 2 aromatic heterocycles. The van der Waals surface area contributed by atoms with E-state index in [-0.39, 0.29) is 22.0 Å². The van der Waals surface area contributed by atoms with Crippen molar-refractivity contribution < 1.29 is 18.0 Å². The highest BCUT2D eigenvalue weighted by molar-refractivity contribution is 5.95. The van der Waals surface area contributed by atoms with Gasteiger partial charge in [0.15, 0.2) is 5.69 Å². The van der Waals surface area contributed by atoms with Crippen LogP contribution in [0.1, 0.15) is 16.1 Å². The third-order valence-electron chi connectivity index (χ3n) is 3.60. The van der Waals surface area contributed by atoms with Crippen LogP contribution in [-0.4, -0.2) is 20.3 Å². The highest BCUT2D eigenvalue weighted by atomic mass is 19.4. The SMILES string of the molecule is Cn1cc(-n2ncc(C(N)=O)c2C(F)(F)F)c2ccccc2c1=O. The maximum absolute atomic E-state index is 13.4. The van der Waals surface area contributed by atoms with Gasteiger partial charge in [-0.1, -0.05) is 18.2 Å². The molecule has 9 heteroatoms. The smallest absolute Gasteiger partial charge is 0.365 e. The van der Waals surface area contributed by atoms with E-state index >= 15 is 0 Å². The molecule has 6 nitrogen and oxygen atoms in total.